The molecular weight excluding hydrogens is 795 g/mol. The third-order valence-electron chi connectivity index (χ3n) is 12.9. The van der Waals surface area contributed by atoms with Crippen LogP contribution < -0.4 is 4.90 Å². The molecule has 0 saturated heterocycles. The summed E-state index contributed by atoms with van der Waals surface area (Å²) < 4.78 is 7.48. The van der Waals surface area contributed by atoms with Gasteiger partial charge in [0.05, 0.1) is 27.8 Å². The number of para-hydroxylation sites is 4. The van der Waals surface area contributed by atoms with E-state index in [0.29, 0.717) is 0 Å². The van der Waals surface area contributed by atoms with Crippen LogP contribution in [-0.2, 0) is 0 Å². The van der Waals surface area contributed by atoms with Crippen LogP contribution in [0.25, 0.3) is 97.4 Å². The summed E-state index contributed by atoms with van der Waals surface area (Å²) in [5.74, 6) is 0. The molecule has 3 aromatic heterocycles. The van der Waals surface area contributed by atoms with Crippen molar-refractivity contribution in [3.8, 4) is 33.6 Å². The van der Waals surface area contributed by atoms with E-state index < -0.39 is 0 Å². The maximum absolute atomic E-state index is 2.49. The van der Waals surface area contributed by atoms with Gasteiger partial charge < -0.3 is 14.0 Å². The second-order valence-electron chi connectivity index (χ2n) is 16.5. The second-order valence-corrected chi connectivity index (χ2v) is 17.6. The fraction of sp³-hybridized carbons (Fsp3) is 0. The number of hydrogen-bond acceptors (Lipinski definition) is 2. The minimum Gasteiger partial charge on any atom is -0.309 e. The Morgan fingerprint density at radius 3 is 1.62 bits per heavy atom. The number of hydrogen-bond donors (Lipinski definition) is 0. The second kappa shape index (κ2) is 14.7. The van der Waals surface area contributed by atoms with Crippen molar-refractivity contribution >= 4 is 92.2 Å². The Bertz CT molecular complexity index is 3880. The average Bonchev–Trinajstić information content (AvgIpc) is 4.03. The molecule has 0 aliphatic heterocycles. The van der Waals surface area contributed by atoms with Gasteiger partial charge in [-0.25, -0.2) is 0 Å². The van der Waals surface area contributed by atoms with Crippen LogP contribution in [0.1, 0.15) is 0 Å². The molecule has 0 unspecified atom stereocenters. The standard InChI is InChI=1S/C60H39N3S/c1-5-18-40(19-6-1)42-36-51(41-20-7-2-8-21-41)59-53(37-42)52-38-45(33-35-55(52)62(59)43-22-9-3-10-23-43)61(46-32-34-49-48-27-14-16-31-57(48)64-58(49)39-46)56-30-17-28-50-47-26-13-15-29-54(47)63(60(50)56)44-24-11-4-12-25-44/h1-39H. The summed E-state index contributed by atoms with van der Waals surface area (Å²) in [5.41, 5.74) is 15.0. The van der Waals surface area contributed by atoms with Gasteiger partial charge in [-0.15, -0.1) is 11.3 Å². The molecule has 0 fully saturated rings. The lowest BCUT2D eigenvalue weighted by molar-refractivity contribution is 1.17. The molecule has 13 aromatic rings. The van der Waals surface area contributed by atoms with Crippen LogP contribution in [0.5, 0.6) is 0 Å². The number of fused-ring (bicyclic) bond motifs is 9. The number of rotatable bonds is 7. The van der Waals surface area contributed by atoms with Crippen molar-refractivity contribution in [2.75, 3.05) is 4.90 Å². The summed E-state index contributed by atoms with van der Waals surface area (Å²) in [5, 5.41) is 7.42. The van der Waals surface area contributed by atoms with Crippen molar-refractivity contribution in [3.63, 3.8) is 0 Å². The largest absolute Gasteiger partial charge is 0.309 e. The first-order valence-corrected chi connectivity index (χ1v) is 22.7. The lowest BCUT2D eigenvalue weighted by Gasteiger charge is -2.27. The highest BCUT2D eigenvalue weighted by Gasteiger charge is 2.25. The van der Waals surface area contributed by atoms with Crippen molar-refractivity contribution in [2.24, 2.45) is 0 Å². The van der Waals surface area contributed by atoms with Crippen LogP contribution in [0.3, 0.4) is 0 Å². The molecule has 0 saturated carbocycles. The first kappa shape index (κ1) is 36.5. The summed E-state index contributed by atoms with van der Waals surface area (Å²) >= 11 is 1.86. The van der Waals surface area contributed by atoms with E-state index in [0.717, 1.165) is 39.5 Å². The zero-order chi connectivity index (χ0) is 42.1. The first-order valence-electron chi connectivity index (χ1n) is 21.8. The molecule has 0 radical (unpaired) electrons. The molecular formula is C60H39N3S. The summed E-state index contributed by atoms with van der Waals surface area (Å²) in [6.07, 6.45) is 0. The number of aromatic nitrogens is 2. The zero-order valence-electron chi connectivity index (χ0n) is 34.8. The van der Waals surface area contributed by atoms with Crippen molar-refractivity contribution in [1.29, 1.82) is 0 Å². The fourth-order valence-corrected chi connectivity index (χ4v) is 11.2. The third kappa shape index (κ3) is 5.73. The number of nitrogens with zero attached hydrogens (tertiary/aromatic N) is 3. The first-order chi connectivity index (χ1) is 31.8. The SMILES string of the molecule is c1ccc(-c2cc(-c3ccccc3)c3c(c2)c2cc(N(c4ccc5c(c4)sc4ccccc45)c4cccc5c6ccccc6n(-c6ccccc6)c45)ccc2n3-c2ccccc2)cc1. The monoisotopic (exact) mass is 833 g/mol. The molecule has 0 aliphatic carbocycles. The molecule has 10 aromatic carbocycles. The van der Waals surface area contributed by atoms with Crippen molar-refractivity contribution in [3.05, 3.63) is 237 Å². The van der Waals surface area contributed by atoms with Gasteiger partial charge in [-0.05, 0) is 102 Å². The van der Waals surface area contributed by atoms with Crippen LogP contribution in [0.2, 0.25) is 0 Å². The van der Waals surface area contributed by atoms with Gasteiger partial charge >= 0.3 is 0 Å². The van der Waals surface area contributed by atoms with Crippen molar-refractivity contribution in [2.45, 2.75) is 0 Å². The van der Waals surface area contributed by atoms with Crippen LogP contribution in [0.15, 0.2) is 237 Å². The summed E-state index contributed by atoms with van der Waals surface area (Å²) in [6.45, 7) is 0. The highest BCUT2D eigenvalue weighted by molar-refractivity contribution is 7.25. The van der Waals surface area contributed by atoms with Gasteiger partial charge in [0.25, 0.3) is 0 Å². The Balaban J connectivity index is 1.15. The molecule has 300 valence electrons. The summed E-state index contributed by atoms with van der Waals surface area (Å²) in [6, 6.07) is 86.6. The van der Waals surface area contributed by atoms with Gasteiger partial charge in [0.15, 0.2) is 0 Å². The maximum Gasteiger partial charge on any atom is 0.0782 e. The van der Waals surface area contributed by atoms with Crippen LogP contribution in [0, 0.1) is 0 Å². The molecule has 64 heavy (non-hydrogen) atoms. The molecule has 0 aliphatic rings. The van der Waals surface area contributed by atoms with E-state index in [1.165, 1.54) is 75.0 Å². The predicted octanol–water partition coefficient (Wildman–Crippen LogP) is 17.1. The van der Waals surface area contributed by atoms with E-state index in [9.17, 15) is 0 Å². The van der Waals surface area contributed by atoms with Crippen LogP contribution in [-0.4, -0.2) is 9.13 Å². The predicted molar refractivity (Wildman–Crippen MR) is 274 cm³/mol. The molecule has 4 heteroatoms. The number of anilines is 3. The topological polar surface area (TPSA) is 13.1 Å². The molecule has 3 heterocycles. The average molecular weight is 834 g/mol. The Hall–Kier alpha value is -8.18. The Morgan fingerprint density at radius 1 is 0.312 bits per heavy atom. The van der Waals surface area contributed by atoms with Crippen LogP contribution >= 0.6 is 11.3 Å². The molecule has 13 rings (SSSR count). The summed E-state index contributed by atoms with van der Waals surface area (Å²) in [4.78, 5) is 2.49. The highest BCUT2D eigenvalue weighted by Crippen LogP contribution is 2.48. The minimum atomic E-state index is 1.09. The normalized spacial score (nSPS) is 11.8. The maximum atomic E-state index is 2.49. The quantitative estimate of drug-likeness (QED) is 0.156. The van der Waals surface area contributed by atoms with Gasteiger partial charge in [0.2, 0.25) is 0 Å². The van der Waals surface area contributed by atoms with Gasteiger partial charge in [-0.2, -0.15) is 0 Å². The van der Waals surface area contributed by atoms with E-state index >= 15 is 0 Å². The van der Waals surface area contributed by atoms with E-state index in [1.54, 1.807) is 0 Å². The van der Waals surface area contributed by atoms with Crippen molar-refractivity contribution < 1.29 is 0 Å². The van der Waals surface area contributed by atoms with E-state index in [4.69, 9.17) is 0 Å². The lowest BCUT2D eigenvalue weighted by atomic mass is 9.95. The third-order valence-corrected chi connectivity index (χ3v) is 14.0. The smallest absolute Gasteiger partial charge is 0.0782 e. The zero-order valence-corrected chi connectivity index (χ0v) is 35.6. The molecule has 0 atom stereocenters. The van der Waals surface area contributed by atoms with E-state index in [2.05, 4.69) is 251 Å². The Labute approximate surface area is 374 Å². The molecule has 3 nitrogen and oxygen atoms in total. The Morgan fingerprint density at radius 2 is 0.875 bits per heavy atom. The van der Waals surface area contributed by atoms with Gasteiger partial charge in [-0.1, -0.05) is 152 Å². The molecule has 0 N–H and O–H groups in total. The van der Waals surface area contributed by atoms with Gasteiger partial charge in [-0.3, -0.25) is 0 Å². The number of thiophene rings is 1. The number of benzene rings is 10. The summed E-state index contributed by atoms with van der Waals surface area (Å²) in [7, 11) is 0. The molecule has 0 amide bonds. The fourth-order valence-electron chi connectivity index (χ4n) is 10.1. The highest BCUT2D eigenvalue weighted by atomic mass is 32.1. The molecule has 0 bridgehead atoms. The van der Waals surface area contributed by atoms with E-state index in [1.807, 2.05) is 11.3 Å². The van der Waals surface area contributed by atoms with Gasteiger partial charge in [0, 0.05) is 70.0 Å². The van der Waals surface area contributed by atoms with Crippen molar-refractivity contribution in [1.82, 2.24) is 9.13 Å². The van der Waals surface area contributed by atoms with Crippen LogP contribution in [0.4, 0.5) is 17.1 Å². The lowest BCUT2D eigenvalue weighted by Crippen LogP contribution is -2.11. The minimum absolute atomic E-state index is 1.09. The van der Waals surface area contributed by atoms with Gasteiger partial charge in [0.1, 0.15) is 0 Å². The Kier molecular flexibility index (Phi) is 8.40. The molecule has 0 spiro atoms. The van der Waals surface area contributed by atoms with E-state index in [-0.39, 0.29) is 0 Å².